The van der Waals surface area contributed by atoms with Crippen molar-refractivity contribution in [3.05, 3.63) is 35.8 Å². The van der Waals surface area contributed by atoms with E-state index in [4.69, 9.17) is 5.11 Å². The van der Waals surface area contributed by atoms with Gasteiger partial charge in [0.15, 0.2) is 0 Å². The minimum Gasteiger partial charge on any atom is -0.481 e. The van der Waals surface area contributed by atoms with Gasteiger partial charge in [-0.3, -0.25) is 9.69 Å². The largest absolute Gasteiger partial charge is 0.481 e. The summed E-state index contributed by atoms with van der Waals surface area (Å²) in [7, 11) is 0. The van der Waals surface area contributed by atoms with Crippen LogP contribution in [0.25, 0.3) is 5.65 Å². The number of hydrogen-bond donors (Lipinski definition) is 1. The average Bonchev–Trinajstić information content (AvgIpc) is 2.95. The number of pyridine rings is 1. The maximum Gasteiger partial charge on any atom is 0.307 e. The molecular weight excluding hydrogens is 242 g/mol. The van der Waals surface area contributed by atoms with E-state index < -0.39 is 5.97 Å². The molecule has 0 saturated carbocycles. The highest BCUT2D eigenvalue weighted by molar-refractivity contribution is 5.70. The lowest BCUT2D eigenvalue weighted by Gasteiger charge is -2.12. The van der Waals surface area contributed by atoms with E-state index in [9.17, 15) is 4.79 Å². The molecule has 3 heterocycles. The molecular formula is C14H17N3O2. The van der Waals surface area contributed by atoms with E-state index in [0.717, 1.165) is 30.9 Å². The Kier molecular flexibility index (Phi) is 2.98. The normalized spacial score (nSPS) is 20.2. The fourth-order valence-electron chi connectivity index (χ4n) is 2.64. The van der Waals surface area contributed by atoms with E-state index in [-0.39, 0.29) is 5.92 Å². The van der Waals surface area contributed by atoms with Crippen LogP contribution in [0, 0.1) is 12.8 Å². The van der Waals surface area contributed by atoms with Crippen molar-refractivity contribution in [3.63, 3.8) is 0 Å². The van der Waals surface area contributed by atoms with Gasteiger partial charge in [-0.05, 0) is 31.5 Å². The number of nitrogens with zero attached hydrogens (tertiary/aromatic N) is 3. The van der Waals surface area contributed by atoms with Crippen molar-refractivity contribution < 1.29 is 9.90 Å². The van der Waals surface area contributed by atoms with Crippen molar-refractivity contribution >= 4 is 11.6 Å². The van der Waals surface area contributed by atoms with Crippen LogP contribution in [0.1, 0.15) is 17.7 Å². The Morgan fingerprint density at radius 2 is 2.32 bits per heavy atom. The number of fused-ring (bicyclic) bond motifs is 1. The first-order valence-corrected chi connectivity index (χ1v) is 6.51. The Morgan fingerprint density at radius 3 is 3.05 bits per heavy atom. The molecule has 100 valence electrons. The Hall–Kier alpha value is -1.88. The molecule has 0 aliphatic carbocycles. The highest BCUT2D eigenvalue weighted by Gasteiger charge is 2.28. The summed E-state index contributed by atoms with van der Waals surface area (Å²) in [6, 6.07) is 4.05. The summed E-state index contributed by atoms with van der Waals surface area (Å²) in [6.45, 7) is 4.24. The summed E-state index contributed by atoms with van der Waals surface area (Å²) in [5, 5.41) is 9.00. The Bertz CT molecular complexity index is 620. The second-order valence-electron chi connectivity index (χ2n) is 5.26. The molecule has 19 heavy (non-hydrogen) atoms. The molecule has 5 nitrogen and oxygen atoms in total. The van der Waals surface area contributed by atoms with E-state index in [0.29, 0.717) is 6.54 Å². The molecule has 5 heteroatoms. The van der Waals surface area contributed by atoms with E-state index in [1.807, 2.05) is 22.7 Å². The predicted octanol–water partition coefficient (Wildman–Crippen LogP) is 1.55. The predicted molar refractivity (Wildman–Crippen MR) is 70.9 cm³/mol. The van der Waals surface area contributed by atoms with Gasteiger partial charge in [0.2, 0.25) is 0 Å². The molecule has 2 aromatic rings. The minimum atomic E-state index is -0.687. The van der Waals surface area contributed by atoms with Gasteiger partial charge in [-0.1, -0.05) is 6.07 Å². The van der Waals surface area contributed by atoms with Gasteiger partial charge in [0, 0.05) is 25.5 Å². The number of hydrogen-bond acceptors (Lipinski definition) is 3. The van der Waals surface area contributed by atoms with Gasteiger partial charge in [0.05, 0.1) is 11.6 Å². The summed E-state index contributed by atoms with van der Waals surface area (Å²) < 4.78 is 2.02. The lowest BCUT2D eigenvalue weighted by Crippen LogP contribution is -2.22. The van der Waals surface area contributed by atoms with Gasteiger partial charge < -0.3 is 9.51 Å². The zero-order chi connectivity index (χ0) is 13.4. The Labute approximate surface area is 111 Å². The lowest BCUT2D eigenvalue weighted by molar-refractivity contribution is -0.141. The number of aromatic nitrogens is 2. The first-order valence-electron chi connectivity index (χ1n) is 6.51. The van der Waals surface area contributed by atoms with E-state index in [1.54, 1.807) is 0 Å². The monoisotopic (exact) mass is 259 g/mol. The zero-order valence-electron chi connectivity index (χ0n) is 10.9. The van der Waals surface area contributed by atoms with Crippen molar-refractivity contribution in [1.82, 2.24) is 14.3 Å². The summed E-state index contributed by atoms with van der Waals surface area (Å²) in [6.07, 6.45) is 4.81. The Morgan fingerprint density at radius 1 is 1.47 bits per heavy atom. The standard InChI is InChI=1S/C14H17N3O2/c1-10-2-3-13-15-12(9-17(13)6-10)8-16-5-4-11(7-16)14(18)19/h2-3,6,9,11H,4-5,7-8H2,1H3,(H,18,19). The molecule has 1 saturated heterocycles. The zero-order valence-corrected chi connectivity index (χ0v) is 10.9. The summed E-state index contributed by atoms with van der Waals surface area (Å²) in [5.41, 5.74) is 3.13. The number of carboxylic acids is 1. The highest BCUT2D eigenvalue weighted by atomic mass is 16.4. The maximum atomic E-state index is 10.9. The first-order chi connectivity index (χ1) is 9.11. The van der Waals surface area contributed by atoms with E-state index >= 15 is 0 Å². The molecule has 1 aliphatic heterocycles. The van der Waals surface area contributed by atoms with Gasteiger partial charge in [0.1, 0.15) is 5.65 Å². The van der Waals surface area contributed by atoms with Crippen LogP contribution in [0.5, 0.6) is 0 Å². The van der Waals surface area contributed by atoms with Crippen LogP contribution in [-0.4, -0.2) is 38.4 Å². The van der Waals surface area contributed by atoms with Crippen LogP contribution in [0.3, 0.4) is 0 Å². The fraction of sp³-hybridized carbons (Fsp3) is 0.429. The van der Waals surface area contributed by atoms with Gasteiger partial charge in [0.25, 0.3) is 0 Å². The quantitative estimate of drug-likeness (QED) is 0.908. The summed E-state index contributed by atoms with van der Waals surface area (Å²) in [4.78, 5) is 17.7. The highest BCUT2D eigenvalue weighted by Crippen LogP contribution is 2.19. The lowest BCUT2D eigenvalue weighted by atomic mass is 10.1. The molecule has 0 radical (unpaired) electrons. The van der Waals surface area contributed by atoms with Crippen molar-refractivity contribution in [2.45, 2.75) is 19.9 Å². The van der Waals surface area contributed by atoms with Crippen LogP contribution in [-0.2, 0) is 11.3 Å². The van der Waals surface area contributed by atoms with Gasteiger partial charge in [-0.2, -0.15) is 0 Å². The number of likely N-dealkylation sites (tertiary alicyclic amines) is 1. The third-order valence-electron chi connectivity index (χ3n) is 3.66. The van der Waals surface area contributed by atoms with Crippen LogP contribution < -0.4 is 0 Å². The molecule has 1 fully saturated rings. The average molecular weight is 259 g/mol. The molecule has 0 spiro atoms. The molecule has 0 bridgehead atoms. The number of carbonyl (C=O) groups is 1. The van der Waals surface area contributed by atoms with Gasteiger partial charge in [-0.15, -0.1) is 0 Å². The van der Waals surface area contributed by atoms with Gasteiger partial charge in [-0.25, -0.2) is 4.98 Å². The van der Waals surface area contributed by atoms with E-state index in [1.165, 1.54) is 5.56 Å². The number of aliphatic carboxylic acids is 1. The second-order valence-corrected chi connectivity index (χ2v) is 5.26. The summed E-state index contributed by atoms with van der Waals surface area (Å²) in [5.74, 6) is -0.910. The molecule has 1 atom stereocenters. The SMILES string of the molecule is Cc1ccc2nc(CN3CCC(C(=O)O)C3)cn2c1. The van der Waals surface area contributed by atoms with Crippen molar-refractivity contribution in [2.75, 3.05) is 13.1 Å². The number of carboxylic acid groups (broad SMARTS) is 1. The number of aryl methyl sites for hydroxylation is 1. The van der Waals surface area contributed by atoms with Crippen LogP contribution in [0.2, 0.25) is 0 Å². The smallest absolute Gasteiger partial charge is 0.307 e. The van der Waals surface area contributed by atoms with Gasteiger partial charge >= 0.3 is 5.97 Å². The molecule has 0 amide bonds. The topological polar surface area (TPSA) is 57.8 Å². The molecule has 1 N–H and O–H groups in total. The van der Waals surface area contributed by atoms with Crippen molar-refractivity contribution in [1.29, 1.82) is 0 Å². The third-order valence-corrected chi connectivity index (χ3v) is 3.66. The minimum absolute atomic E-state index is 0.223. The van der Waals surface area contributed by atoms with Crippen LogP contribution in [0.4, 0.5) is 0 Å². The first kappa shape index (κ1) is 12.2. The maximum absolute atomic E-state index is 10.9. The number of imidazole rings is 1. The van der Waals surface area contributed by atoms with Crippen LogP contribution >= 0.6 is 0 Å². The van der Waals surface area contributed by atoms with Crippen molar-refractivity contribution in [2.24, 2.45) is 5.92 Å². The molecule has 1 aliphatic rings. The molecule has 3 rings (SSSR count). The third kappa shape index (κ3) is 2.46. The molecule has 1 unspecified atom stereocenters. The summed E-state index contributed by atoms with van der Waals surface area (Å²) >= 11 is 0. The number of rotatable bonds is 3. The van der Waals surface area contributed by atoms with Crippen LogP contribution in [0.15, 0.2) is 24.5 Å². The molecule has 0 aromatic carbocycles. The molecule has 2 aromatic heterocycles. The van der Waals surface area contributed by atoms with E-state index in [2.05, 4.69) is 23.0 Å². The fourth-order valence-corrected chi connectivity index (χ4v) is 2.64. The Balaban J connectivity index is 1.73. The van der Waals surface area contributed by atoms with Crippen molar-refractivity contribution in [3.8, 4) is 0 Å². The second kappa shape index (κ2) is 4.66.